The lowest BCUT2D eigenvalue weighted by Gasteiger charge is -2.32. The van der Waals surface area contributed by atoms with Crippen LogP contribution in [0, 0.1) is 0 Å². The van der Waals surface area contributed by atoms with Crippen molar-refractivity contribution in [2.24, 2.45) is 9.98 Å². The lowest BCUT2D eigenvalue weighted by Crippen LogP contribution is -2.45. The molecular weight excluding hydrogens is 236 g/mol. The summed E-state index contributed by atoms with van der Waals surface area (Å²) in [5.41, 5.74) is 1.15. The van der Waals surface area contributed by atoms with Crippen molar-refractivity contribution in [1.82, 2.24) is 0 Å². The third kappa shape index (κ3) is 3.18. The largest absolute Gasteiger partial charge is 0.467 e. The summed E-state index contributed by atoms with van der Waals surface area (Å²) in [7, 11) is 0. The van der Waals surface area contributed by atoms with Crippen LogP contribution in [0.1, 0.15) is 71.1 Å². The Hall–Kier alpha value is -0.860. The summed E-state index contributed by atoms with van der Waals surface area (Å²) >= 11 is 0. The van der Waals surface area contributed by atoms with E-state index in [1.165, 1.54) is 64.2 Å². The van der Waals surface area contributed by atoms with Gasteiger partial charge in [0, 0.05) is 0 Å². The molecule has 0 radical (unpaired) electrons. The molecule has 0 aromatic heterocycles. The second kappa shape index (κ2) is 6.06. The summed E-state index contributed by atoms with van der Waals surface area (Å²) in [5, 5.41) is 0. The maximum Gasteiger partial charge on any atom is 0.235 e. The number of hydrogen-bond donors (Lipinski definition) is 0. The van der Waals surface area contributed by atoms with Crippen LogP contribution in [0.5, 0.6) is 0 Å². The first kappa shape index (κ1) is 13.1. The Bertz CT molecular complexity index is 363. The number of aliphatic imine (C=N–C) groups is 2. The fraction of sp³-hybridized carbons (Fsp3) is 0.875. The molecule has 0 spiro atoms. The zero-order valence-electron chi connectivity index (χ0n) is 12.1. The molecule has 1 saturated heterocycles. The van der Waals surface area contributed by atoms with Crippen LogP contribution >= 0.6 is 0 Å². The Labute approximate surface area is 116 Å². The lowest BCUT2D eigenvalue weighted by molar-refractivity contribution is 0.235. The molecule has 0 bridgehead atoms. The molecular formula is C16H26N2O. The molecule has 1 aliphatic heterocycles. The first-order chi connectivity index (χ1) is 9.33. The summed E-state index contributed by atoms with van der Waals surface area (Å²) in [4.78, 5) is 9.73. The minimum atomic E-state index is 0.171. The van der Waals surface area contributed by atoms with Crippen molar-refractivity contribution in [3.8, 4) is 0 Å². The van der Waals surface area contributed by atoms with Crippen LogP contribution < -0.4 is 0 Å². The lowest BCUT2D eigenvalue weighted by atomic mass is 9.95. The molecule has 1 unspecified atom stereocenters. The van der Waals surface area contributed by atoms with Crippen molar-refractivity contribution in [2.45, 2.75) is 89.3 Å². The fourth-order valence-corrected chi connectivity index (χ4v) is 3.44. The second-order valence-corrected chi connectivity index (χ2v) is 6.29. The van der Waals surface area contributed by atoms with E-state index < -0.39 is 0 Å². The highest BCUT2D eigenvalue weighted by molar-refractivity contribution is 6.45. The Kier molecular flexibility index (Phi) is 4.19. The van der Waals surface area contributed by atoms with E-state index in [0.29, 0.717) is 12.1 Å². The van der Waals surface area contributed by atoms with Crippen molar-refractivity contribution in [2.75, 3.05) is 0 Å². The molecule has 0 amide bonds. The molecule has 3 rings (SSSR count). The average molecular weight is 262 g/mol. The van der Waals surface area contributed by atoms with Crippen molar-refractivity contribution in [1.29, 1.82) is 0 Å². The van der Waals surface area contributed by atoms with Crippen LogP contribution in [-0.4, -0.2) is 29.8 Å². The Morgan fingerprint density at radius 2 is 1.32 bits per heavy atom. The van der Waals surface area contributed by atoms with Crippen molar-refractivity contribution < 1.29 is 4.74 Å². The molecule has 2 aliphatic carbocycles. The maximum atomic E-state index is 5.72. The quantitative estimate of drug-likeness (QED) is 0.743. The van der Waals surface area contributed by atoms with E-state index in [0.717, 1.165) is 11.6 Å². The molecule has 0 aromatic rings. The summed E-state index contributed by atoms with van der Waals surface area (Å²) in [6, 6.07) is 1.03. The van der Waals surface area contributed by atoms with Crippen LogP contribution in [0.4, 0.5) is 0 Å². The van der Waals surface area contributed by atoms with Crippen molar-refractivity contribution >= 4 is 11.6 Å². The highest BCUT2D eigenvalue weighted by atomic mass is 16.5. The third-order valence-electron chi connectivity index (χ3n) is 4.66. The van der Waals surface area contributed by atoms with E-state index in [9.17, 15) is 0 Å². The van der Waals surface area contributed by atoms with Crippen molar-refractivity contribution in [3.05, 3.63) is 0 Å². The molecule has 19 heavy (non-hydrogen) atoms. The summed E-state index contributed by atoms with van der Waals surface area (Å²) in [5.74, 6) is 0.866. The van der Waals surface area contributed by atoms with Gasteiger partial charge in [-0.25, -0.2) is 4.99 Å². The number of nitrogens with zero attached hydrogens (tertiary/aromatic N) is 2. The van der Waals surface area contributed by atoms with Crippen LogP contribution in [0.25, 0.3) is 0 Å². The van der Waals surface area contributed by atoms with Gasteiger partial charge in [-0.2, -0.15) is 0 Å². The molecule has 0 N–H and O–H groups in total. The van der Waals surface area contributed by atoms with Gasteiger partial charge in [0.05, 0.1) is 12.1 Å². The predicted octanol–water partition coefficient (Wildman–Crippen LogP) is 3.91. The highest BCUT2D eigenvalue weighted by Crippen LogP contribution is 2.25. The Morgan fingerprint density at radius 1 is 0.789 bits per heavy atom. The van der Waals surface area contributed by atoms with E-state index in [1.54, 1.807) is 0 Å². The van der Waals surface area contributed by atoms with Crippen LogP contribution in [-0.2, 0) is 4.74 Å². The van der Waals surface area contributed by atoms with Crippen LogP contribution in [0.2, 0.25) is 0 Å². The van der Waals surface area contributed by atoms with Gasteiger partial charge in [-0.15, -0.1) is 0 Å². The molecule has 1 atom stereocenters. The van der Waals surface area contributed by atoms with E-state index in [1.807, 2.05) is 0 Å². The molecule has 1 heterocycles. The Balaban J connectivity index is 1.65. The van der Waals surface area contributed by atoms with Crippen LogP contribution in [0.3, 0.4) is 0 Å². The van der Waals surface area contributed by atoms with Gasteiger partial charge in [0.1, 0.15) is 11.8 Å². The Morgan fingerprint density at radius 3 is 1.84 bits per heavy atom. The fourth-order valence-electron chi connectivity index (χ4n) is 3.44. The molecule has 0 aromatic carbocycles. The molecule has 3 heteroatoms. The van der Waals surface area contributed by atoms with E-state index in [-0.39, 0.29) is 6.10 Å². The zero-order chi connectivity index (χ0) is 13.1. The van der Waals surface area contributed by atoms with Gasteiger partial charge >= 0.3 is 0 Å². The van der Waals surface area contributed by atoms with Gasteiger partial charge in [0.2, 0.25) is 5.90 Å². The maximum absolute atomic E-state index is 5.72. The first-order valence-electron chi connectivity index (χ1n) is 8.15. The van der Waals surface area contributed by atoms with Gasteiger partial charge in [-0.05, 0) is 32.6 Å². The van der Waals surface area contributed by atoms with E-state index in [2.05, 4.69) is 6.92 Å². The summed E-state index contributed by atoms with van der Waals surface area (Å²) in [6.07, 6.45) is 13.2. The minimum Gasteiger partial charge on any atom is -0.467 e. The molecule has 106 valence electrons. The van der Waals surface area contributed by atoms with Gasteiger partial charge in [0.25, 0.3) is 0 Å². The molecule has 2 saturated carbocycles. The number of hydrogen-bond acceptors (Lipinski definition) is 3. The van der Waals surface area contributed by atoms with Gasteiger partial charge < -0.3 is 4.74 Å². The zero-order valence-corrected chi connectivity index (χ0v) is 12.1. The topological polar surface area (TPSA) is 34.0 Å². The number of ether oxygens (including phenoxy) is 1. The third-order valence-corrected chi connectivity index (χ3v) is 4.66. The molecule has 3 fully saturated rings. The molecule has 3 nitrogen and oxygen atoms in total. The predicted molar refractivity (Wildman–Crippen MR) is 79.2 cm³/mol. The average Bonchev–Trinajstić information content (AvgIpc) is 2.47. The van der Waals surface area contributed by atoms with E-state index >= 15 is 0 Å². The number of rotatable bonds is 2. The summed E-state index contributed by atoms with van der Waals surface area (Å²) < 4.78 is 5.72. The van der Waals surface area contributed by atoms with Gasteiger partial charge in [-0.3, -0.25) is 4.99 Å². The SMILES string of the molecule is CC1OC(=NC2CCCCC2)C1=NC1CCCCC1. The van der Waals surface area contributed by atoms with E-state index in [4.69, 9.17) is 14.7 Å². The van der Waals surface area contributed by atoms with Gasteiger partial charge in [0.15, 0.2) is 0 Å². The van der Waals surface area contributed by atoms with Crippen LogP contribution in [0.15, 0.2) is 9.98 Å². The normalized spacial score (nSPS) is 34.3. The highest BCUT2D eigenvalue weighted by Gasteiger charge is 2.33. The van der Waals surface area contributed by atoms with Crippen molar-refractivity contribution in [3.63, 3.8) is 0 Å². The standard InChI is InChI=1S/C16H26N2O/c1-12-15(17-13-8-4-2-5-9-13)16(19-12)18-14-10-6-3-7-11-14/h12-14H,2-11H2,1H3. The smallest absolute Gasteiger partial charge is 0.235 e. The summed E-state index contributed by atoms with van der Waals surface area (Å²) in [6.45, 7) is 2.10. The van der Waals surface area contributed by atoms with Gasteiger partial charge in [-0.1, -0.05) is 38.5 Å². The minimum absolute atomic E-state index is 0.171. The molecule has 3 aliphatic rings. The second-order valence-electron chi connectivity index (χ2n) is 6.29. The first-order valence-corrected chi connectivity index (χ1v) is 8.15. The monoisotopic (exact) mass is 262 g/mol.